The van der Waals surface area contributed by atoms with Crippen molar-refractivity contribution in [2.24, 2.45) is 0 Å². The number of carbonyl (C=O) groups excluding carboxylic acids is 1. The monoisotopic (exact) mass is 307 g/mol. The van der Waals surface area contributed by atoms with Gasteiger partial charge in [-0.15, -0.1) is 11.3 Å². The van der Waals surface area contributed by atoms with E-state index in [1.54, 1.807) is 35.4 Å². The Morgan fingerprint density at radius 1 is 1.48 bits per heavy atom. The molecule has 1 N–H and O–H groups in total. The number of benzene rings is 1. The van der Waals surface area contributed by atoms with Crippen molar-refractivity contribution in [1.29, 1.82) is 0 Å². The predicted octanol–water partition coefficient (Wildman–Crippen LogP) is 3.29. The maximum Gasteiger partial charge on any atom is 0.256 e. The second-order valence-corrected chi connectivity index (χ2v) is 5.77. The summed E-state index contributed by atoms with van der Waals surface area (Å²) in [6.45, 7) is 4.75. The summed E-state index contributed by atoms with van der Waals surface area (Å²) in [5, 5.41) is 5.80. The van der Waals surface area contributed by atoms with Crippen LogP contribution in [0, 0.1) is 12.7 Å². The quantitative estimate of drug-likeness (QED) is 0.922. The van der Waals surface area contributed by atoms with E-state index in [1.165, 1.54) is 6.07 Å². The number of rotatable bonds is 5. The molecule has 2 aromatic rings. The van der Waals surface area contributed by atoms with Crippen LogP contribution in [0.4, 0.5) is 10.1 Å². The zero-order valence-corrected chi connectivity index (χ0v) is 13.1. The molecule has 1 heterocycles. The molecule has 0 spiro atoms. The number of anilines is 1. The Morgan fingerprint density at radius 3 is 2.86 bits per heavy atom. The van der Waals surface area contributed by atoms with Gasteiger partial charge in [-0.3, -0.25) is 4.79 Å². The van der Waals surface area contributed by atoms with E-state index in [9.17, 15) is 9.18 Å². The number of halogens is 1. The van der Waals surface area contributed by atoms with E-state index in [2.05, 4.69) is 10.3 Å². The zero-order chi connectivity index (χ0) is 15.4. The van der Waals surface area contributed by atoms with Gasteiger partial charge in [0.1, 0.15) is 5.82 Å². The van der Waals surface area contributed by atoms with Gasteiger partial charge in [-0.05, 0) is 26.0 Å². The molecule has 0 atom stereocenters. The first-order valence-electron chi connectivity index (χ1n) is 6.71. The molecule has 0 aliphatic heterocycles. The molecule has 1 aromatic carbocycles. The summed E-state index contributed by atoms with van der Waals surface area (Å²) in [7, 11) is 1.69. The number of aromatic nitrogens is 1. The van der Waals surface area contributed by atoms with Crippen molar-refractivity contribution in [2.75, 3.05) is 18.9 Å². The van der Waals surface area contributed by atoms with Crippen LogP contribution in [0.3, 0.4) is 0 Å². The van der Waals surface area contributed by atoms with Gasteiger partial charge in [0.25, 0.3) is 5.91 Å². The second kappa shape index (κ2) is 6.67. The van der Waals surface area contributed by atoms with Crippen molar-refractivity contribution >= 4 is 22.9 Å². The number of thiazole rings is 1. The number of hydrogen-bond acceptors (Lipinski definition) is 4. The highest BCUT2D eigenvalue weighted by Crippen LogP contribution is 2.22. The summed E-state index contributed by atoms with van der Waals surface area (Å²) in [6.07, 6.45) is 0. The smallest absolute Gasteiger partial charge is 0.256 e. The third kappa shape index (κ3) is 3.58. The number of para-hydroxylation sites is 1. The molecule has 0 bridgehead atoms. The molecular weight excluding hydrogens is 289 g/mol. The fraction of sp³-hybridized carbons (Fsp3) is 0.333. The minimum Gasteiger partial charge on any atom is -0.382 e. The van der Waals surface area contributed by atoms with Gasteiger partial charge in [0, 0.05) is 19.0 Å². The van der Waals surface area contributed by atoms with E-state index in [1.807, 2.05) is 19.2 Å². The molecule has 0 aliphatic rings. The van der Waals surface area contributed by atoms with Crippen molar-refractivity contribution in [2.45, 2.75) is 20.4 Å². The highest BCUT2D eigenvalue weighted by Gasteiger charge is 2.19. The third-order valence-corrected chi connectivity index (χ3v) is 3.83. The van der Waals surface area contributed by atoms with Gasteiger partial charge < -0.3 is 10.2 Å². The van der Waals surface area contributed by atoms with Crippen molar-refractivity contribution in [1.82, 2.24) is 9.88 Å². The summed E-state index contributed by atoms with van der Waals surface area (Å²) in [5.74, 6) is -0.642. The van der Waals surface area contributed by atoms with Crippen LogP contribution in [0.2, 0.25) is 0 Å². The first kappa shape index (κ1) is 15.4. The first-order chi connectivity index (χ1) is 10.0. The molecule has 1 aromatic heterocycles. The summed E-state index contributed by atoms with van der Waals surface area (Å²) in [4.78, 5) is 18.4. The Hall–Kier alpha value is -1.95. The van der Waals surface area contributed by atoms with Gasteiger partial charge in [-0.25, -0.2) is 9.37 Å². The summed E-state index contributed by atoms with van der Waals surface area (Å²) in [5.41, 5.74) is 1.44. The first-order valence-corrected chi connectivity index (χ1v) is 7.59. The van der Waals surface area contributed by atoms with Crippen LogP contribution in [-0.4, -0.2) is 29.4 Å². The predicted molar refractivity (Wildman–Crippen MR) is 83.2 cm³/mol. The maximum atomic E-state index is 13.8. The average Bonchev–Trinajstić information content (AvgIpc) is 2.85. The Balaban J connectivity index is 2.21. The van der Waals surface area contributed by atoms with E-state index < -0.39 is 5.82 Å². The number of nitrogens with one attached hydrogen (secondary N) is 1. The van der Waals surface area contributed by atoms with Crippen molar-refractivity contribution < 1.29 is 9.18 Å². The number of nitrogens with zero attached hydrogens (tertiary/aromatic N) is 2. The van der Waals surface area contributed by atoms with Gasteiger partial charge >= 0.3 is 0 Å². The molecule has 2 rings (SSSR count). The normalized spacial score (nSPS) is 10.5. The molecule has 0 saturated heterocycles. The van der Waals surface area contributed by atoms with Crippen LogP contribution in [-0.2, 0) is 6.54 Å². The van der Waals surface area contributed by atoms with Crippen LogP contribution >= 0.6 is 11.3 Å². The lowest BCUT2D eigenvalue weighted by molar-refractivity contribution is 0.0784. The Bertz CT molecular complexity index is 642. The second-order valence-electron chi connectivity index (χ2n) is 4.71. The van der Waals surface area contributed by atoms with Crippen molar-refractivity contribution in [3.63, 3.8) is 0 Å². The molecule has 6 heteroatoms. The maximum absolute atomic E-state index is 13.8. The van der Waals surface area contributed by atoms with E-state index in [0.29, 0.717) is 18.7 Å². The van der Waals surface area contributed by atoms with Crippen LogP contribution in [0.1, 0.15) is 28.0 Å². The molecule has 4 nitrogen and oxygen atoms in total. The van der Waals surface area contributed by atoms with Crippen LogP contribution in [0.5, 0.6) is 0 Å². The van der Waals surface area contributed by atoms with Crippen LogP contribution in [0.15, 0.2) is 23.6 Å². The number of amides is 1. The molecule has 21 heavy (non-hydrogen) atoms. The highest BCUT2D eigenvalue weighted by atomic mass is 32.1. The Kier molecular flexibility index (Phi) is 4.90. The fourth-order valence-electron chi connectivity index (χ4n) is 2.06. The Labute approximate surface area is 127 Å². The largest absolute Gasteiger partial charge is 0.382 e. The van der Waals surface area contributed by atoms with E-state index >= 15 is 0 Å². The highest BCUT2D eigenvalue weighted by molar-refractivity contribution is 7.09. The topological polar surface area (TPSA) is 45.2 Å². The number of carbonyl (C=O) groups is 1. The molecule has 1 amide bonds. The third-order valence-electron chi connectivity index (χ3n) is 3.01. The standard InChI is InChI=1S/C15H18FN3OS/c1-4-17-14-12(6-5-7-13(14)16)15(20)19(3)8-11-9-21-10(2)18-11/h5-7,9,17H,4,8H2,1-3H3. The molecule has 0 fully saturated rings. The lowest BCUT2D eigenvalue weighted by Gasteiger charge is -2.18. The van der Waals surface area contributed by atoms with Gasteiger partial charge in [0.15, 0.2) is 0 Å². The average molecular weight is 307 g/mol. The van der Waals surface area contributed by atoms with E-state index in [4.69, 9.17) is 0 Å². The summed E-state index contributed by atoms with van der Waals surface area (Å²) < 4.78 is 13.8. The number of aryl methyl sites for hydroxylation is 1. The molecule has 0 radical (unpaired) electrons. The molecular formula is C15H18FN3OS. The van der Waals surface area contributed by atoms with Crippen molar-refractivity contribution in [3.8, 4) is 0 Å². The number of hydrogen-bond donors (Lipinski definition) is 1. The molecule has 0 aliphatic carbocycles. The minimum atomic E-state index is -0.416. The molecule has 0 saturated carbocycles. The summed E-state index contributed by atoms with van der Waals surface area (Å²) >= 11 is 1.55. The Morgan fingerprint density at radius 2 is 2.24 bits per heavy atom. The zero-order valence-electron chi connectivity index (χ0n) is 12.3. The minimum absolute atomic E-state index is 0.226. The van der Waals surface area contributed by atoms with Gasteiger partial charge in [-0.2, -0.15) is 0 Å². The van der Waals surface area contributed by atoms with Crippen LogP contribution < -0.4 is 5.32 Å². The SMILES string of the molecule is CCNc1c(F)cccc1C(=O)N(C)Cc1csc(C)n1. The van der Waals surface area contributed by atoms with Crippen LogP contribution in [0.25, 0.3) is 0 Å². The van der Waals surface area contributed by atoms with Gasteiger partial charge in [0.05, 0.1) is 28.5 Å². The lowest BCUT2D eigenvalue weighted by atomic mass is 10.1. The molecule has 0 unspecified atom stereocenters. The molecule has 112 valence electrons. The van der Waals surface area contributed by atoms with E-state index in [0.717, 1.165) is 10.7 Å². The fourth-order valence-corrected chi connectivity index (χ4v) is 2.66. The lowest BCUT2D eigenvalue weighted by Crippen LogP contribution is -2.27. The van der Waals surface area contributed by atoms with Gasteiger partial charge in [-0.1, -0.05) is 6.07 Å². The summed E-state index contributed by atoms with van der Waals surface area (Å²) in [6, 6.07) is 4.52. The van der Waals surface area contributed by atoms with E-state index in [-0.39, 0.29) is 11.6 Å². The van der Waals surface area contributed by atoms with Crippen molar-refractivity contribution in [3.05, 3.63) is 45.7 Å². The van der Waals surface area contributed by atoms with Gasteiger partial charge in [0.2, 0.25) is 0 Å².